The number of benzene rings is 2. The molecule has 6 heteroatoms. The second-order valence-electron chi connectivity index (χ2n) is 4.30. The van der Waals surface area contributed by atoms with Gasteiger partial charge in [-0.25, -0.2) is 4.79 Å². The molecule has 4 N–H and O–H groups in total. The highest BCUT2D eigenvalue weighted by atomic mass is 16.5. The van der Waals surface area contributed by atoms with E-state index >= 15 is 0 Å². The van der Waals surface area contributed by atoms with Crippen molar-refractivity contribution in [3.8, 4) is 17.2 Å². The minimum absolute atomic E-state index is 0.0292. The minimum Gasteiger partial charge on any atom is -0.493 e. The average molecular weight is 289 g/mol. The monoisotopic (exact) mass is 289 g/mol. The molecular formula is C15H15NO5. The van der Waals surface area contributed by atoms with Gasteiger partial charge in [-0.05, 0) is 35.9 Å². The van der Waals surface area contributed by atoms with Gasteiger partial charge in [0.2, 0.25) is 0 Å². The molecule has 21 heavy (non-hydrogen) atoms. The van der Waals surface area contributed by atoms with E-state index in [4.69, 9.17) is 25.4 Å². The lowest BCUT2D eigenvalue weighted by Gasteiger charge is -2.12. The van der Waals surface area contributed by atoms with Gasteiger partial charge in [0.1, 0.15) is 5.75 Å². The summed E-state index contributed by atoms with van der Waals surface area (Å²) in [4.78, 5) is 11.0. The first-order chi connectivity index (χ1) is 10.0. The summed E-state index contributed by atoms with van der Waals surface area (Å²) in [6.07, 6.45) is 0. The van der Waals surface area contributed by atoms with Crippen molar-refractivity contribution in [3.05, 3.63) is 47.5 Å². The molecule has 0 atom stereocenters. The summed E-state index contributed by atoms with van der Waals surface area (Å²) < 4.78 is 10.8. The van der Waals surface area contributed by atoms with E-state index in [1.807, 2.05) is 0 Å². The number of nitrogens with two attached hydrogens (primary N) is 1. The van der Waals surface area contributed by atoms with Crippen LogP contribution in [0.4, 0.5) is 5.69 Å². The second-order valence-corrected chi connectivity index (χ2v) is 4.30. The van der Waals surface area contributed by atoms with E-state index in [1.165, 1.54) is 19.2 Å². The molecule has 0 spiro atoms. The highest BCUT2D eigenvalue weighted by Crippen LogP contribution is 2.33. The lowest BCUT2D eigenvalue weighted by Crippen LogP contribution is -2.02. The summed E-state index contributed by atoms with van der Waals surface area (Å²) in [5, 5.41) is 18.1. The Kier molecular flexibility index (Phi) is 4.30. The number of hydrogen-bond donors (Lipinski definition) is 3. The van der Waals surface area contributed by atoms with E-state index in [-0.39, 0.29) is 17.9 Å². The van der Waals surface area contributed by atoms with Crippen molar-refractivity contribution in [2.45, 2.75) is 6.61 Å². The third-order valence-electron chi connectivity index (χ3n) is 2.89. The van der Waals surface area contributed by atoms with Gasteiger partial charge in [0.25, 0.3) is 0 Å². The predicted molar refractivity (Wildman–Crippen MR) is 76.8 cm³/mol. The minimum atomic E-state index is -1.12. The fraction of sp³-hybridized carbons (Fsp3) is 0.133. The third kappa shape index (κ3) is 3.24. The first kappa shape index (κ1) is 14.7. The van der Waals surface area contributed by atoms with Crippen molar-refractivity contribution in [1.82, 2.24) is 0 Å². The molecule has 0 saturated carbocycles. The van der Waals surface area contributed by atoms with E-state index < -0.39 is 5.97 Å². The number of aliphatic hydroxyl groups is 1. The fourth-order valence-electron chi connectivity index (χ4n) is 1.81. The molecule has 2 rings (SSSR count). The number of aliphatic hydroxyl groups excluding tert-OH is 1. The standard InChI is InChI=1S/C15H15NO5/c1-20-14-6-9(8-17)2-5-13(14)21-10-3-4-12(16)11(7-10)15(18)19/h2-7,17H,8,16H2,1H3,(H,18,19). The van der Waals surface area contributed by atoms with Crippen LogP contribution in [0.1, 0.15) is 15.9 Å². The van der Waals surface area contributed by atoms with Crippen molar-refractivity contribution in [3.63, 3.8) is 0 Å². The van der Waals surface area contributed by atoms with Gasteiger partial charge in [-0.1, -0.05) is 6.07 Å². The third-order valence-corrected chi connectivity index (χ3v) is 2.89. The summed E-state index contributed by atoms with van der Waals surface area (Å²) in [5.74, 6) is 0.0586. The van der Waals surface area contributed by atoms with Crippen LogP contribution in [0.5, 0.6) is 17.2 Å². The Bertz CT molecular complexity index is 669. The van der Waals surface area contributed by atoms with Gasteiger partial charge >= 0.3 is 5.97 Å². The van der Waals surface area contributed by atoms with Gasteiger partial charge in [0, 0.05) is 5.69 Å². The zero-order valence-corrected chi connectivity index (χ0v) is 11.4. The van der Waals surface area contributed by atoms with E-state index in [2.05, 4.69) is 0 Å². The molecule has 0 fully saturated rings. The molecule has 0 radical (unpaired) electrons. The number of aromatic carboxylic acids is 1. The molecule has 0 heterocycles. The van der Waals surface area contributed by atoms with Crippen LogP contribution in [0.3, 0.4) is 0 Å². The molecular weight excluding hydrogens is 274 g/mol. The van der Waals surface area contributed by atoms with Crippen LogP contribution in [-0.2, 0) is 6.61 Å². The average Bonchev–Trinajstić information content (AvgIpc) is 2.49. The van der Waals surface area contributed by atoms with Crippen molar-refractivity contribution in [2.24, 2.45) is 0 Å². The number of nitrogen functional groups attached to an aromatic ring is 1. The quantitative estimate of drug-likeness (QED) is 0.730. The number of rotatable bonds is 5. The lowest BCUT2D eigenvalue weighted by molar-refractivity contribution is 0.0697. The van der Waals surface area contributed by atoms with E-state index in [1.54, 1.807) is 24.3 Å². The predicted octanol–water partition coefficient (Wildman–Crippen LogP) is 2.26. The molecule has 0 aliphatic carbocycles. The number of methoxy groups -OCH3 is 1. The Morgan fingerprint density at radius 3 is 2.57 bits per heavy atom. The van der Waals surface area contributed by atoms with Crippen LogP contribution in [0.15, 0.2) is 36.4 Å². The Hall–Kier alpha value is -2.73. The van der Waals surface area contributed by atoms with Crippen LogP contribution < -0.4 is 15.2 Å². The maximum absolute atomic E-state index is 11.0. The summed E-state index contributed by atoms with van der Waals surface area (Å²) >= 11 is 0. The first-order valence-corrected chi connectivity index (χ1v) is 6.13. The van der Waals surface area contributed by atoms with Crippen LogP contribution in [0.25, 0.3) is 0 Å². The SMILES string of the molecule is COc1cc(CO)ccc1Oc1ccc(N)c(C(=O)O)c1. The smallest absolute Gasteiger partial charge is 0.337 e. The molecule has 2 aromatic rings. The van der Waals surface area contributed by atoms with Crippen molar-refractivity contribution < 1.29 is 24.5 Å². The summed E-state index contributed by atoms with van der Waals surface area (Å²) in [6.45, 7) is -0.109. The van der Waals surface area contributed by atoms with Crippen molar-refractivity contribution in [2.75, 3.05) is 12.8 Å². The zero-order valence-electron chi connectivity index (χ0n) is 11.4. The van der Waals surface area contributed by atoms with Gasteiger partial charge in [-0.2, -0.15) is 0 Å². The highest BCUT2D eigenvalue weighted by molar-refractivity contribution is 5.94. The molecule has 0 aliphatic heterocycles. The summed E-state index contributed by atoms with van der Waals surface area (Å²) in [5.41, 5.74) is 6.41. The van der Waals surface area contributed by atoms with E-state index in [9.17, 15) is 4.79 Å². The number of anilines is 1. The summed E-state index contributed by atoms with van der Waals surface area (Å²) in [7, 11) is 1.48. The topological polar surface area (TPSA) is 102 Å². The maximum Gasteiger partial charge on any atom is 0.337 e. The molecule has 0 aromatic heterocycles. The number of ether oxygens (including phenoxy) is 2. The van der Waals surface area contributed by atoms with Crippen LogP contribution >= 0.6 is 0 Å². The van der Waals surface area contributed by atoms with E-state index in [0.717, 1.165) is 0 Å². The van der Waals surface area contributed by atoms with E-state index in [0.29, 0.717) is 22.8 Å². The van der Waals surface area contributed by atoms with Gasteiger partial charge in [0.15, 0.2) is 11.5 Å². The van der Waals surface area contributed by atoms with Crippen LogP contribution in [0, 0.1) is 0 Å². The molecule has 0 saturated heterocycles. The molecule has 0 unspecified atom stereocenters. The Balaban J connectivity index is 2.34. The first-order valence-electron chi connectivity index (χ1n) is 6.13. The van der Waals surface area contributed by atoms with Crippen molar-refractivity contribution >= 4 is 11.7 Å². The molecule has 0 bridgehead atoms. The number of carbonyl (C=O) groups is 1. The van der Waals surface area contributed by atoms with Gasteiger partial charge in [-0.3, -0.25) is 0 Å². The van der Waals surface area contributed by atoms with Gasteiger partial charge < -0.3 is 25.4 Å². The molecule has 2 aromatic carbocycles. The fourth-order valence-corrected chi connectivity index (χ4v) is 1.81. The van der Waals surface area contributed by atoms with Gasteiger partial charge in [-0.15, -0.1) is 0 Å². The van der Waals surface area contributed by atoms with Crippen LogP contribution in [-0.4, -0.2) is 23.3 Å². The molecule has 0 aliphatic rings. The second kappa shape index (κ2) is 6.15. The van der Waals surface area contributed by atoms with Gasteiger partial charge in [0.05, 0.1) is 19.3 Å². The normalized spacial score (nSPS) is 10.2. The molecule has 6 nitrogen and oxygen atoms in total. The highest BCUT2D eigenvalue weighted by Gasteiger charge is 2.12. The van der Waals surface area contributed by atoms with Crippen LogP contribution in [0.2, 0.25) is 0 Å². The largest absolute Gasteiger partial charge is 0.493 e. The number of carboxylic acids is 1. The maximum atomic E-state index is 11.0. The lowest BCUT2D eigenvalue weighted by atomic mass is 10.1. The number of carboxylic acid groups (broad SMARTS) is 1. The number of hydrogen-bond acceptors (Lipinski definition) is 5. The Morgan fingerprint density at radius 1 is 1.19 bits per heavy atom. The molecule has 0 amide bonds. The Labute approximate surface area is 121 Å². The zero-order chi connectivity index (χ0) is 15.4. The molecule has 110 valence electrons. The van der Waals surface area contributed by atoms with Crippen molar-refractivity contribution in [1.29, 1.82) is 0 Å². The Morgan fingerprint density at radius 2 is 1.95 bits per heavy atom. The summed E-state index contributed by atoms with van der Waals surface area (Å²) in [6, 6.07) is 9.35.